The number of aromatic nitrogens is 2. The van der Waals surface area contributed by atoms with E-state index in [1.54, 1.807) is 24.3 Å². The summed E-state index contributed by atoms with van der Waals surface area (Å²) in [5, 5.41) is 24.8. The van der Waals surface area contributed by atoms with Gasteiger partial charge in [-0.2, -0.15) is 0 Å². The van der Waals surface area contributed by atoms with E-state index < -0.39 is 5.91 Å². The van der Waals surface area contributed by atoms with Crippen molar-refractivity contribution in [3.8, 4) is 0 Å². The van der Waals surface area contributed by atoms with Crippen LogP contribution in [0, 0.1) is 5.21 Å². The molecule has 6 nitrogen and oxygen atoms in total. The van der Waals surface area contributed by atoms with E-state index in [0.29, 0.717) is 21.5 Å². The molecule has 118 valence electrons. The van der Waals surface area contributed by atoms with Gasteiger partial charge in [0.1, 0.15) is 0 Å². The van der Waals surface area contributed by atoms with Crippen LogP contribution in [0.25, 0.3) is 11.0 Å². The zero-order valence-corrected chi connectivity index (χ0v) is 12.5. The quantitative estimate of drug-likeness (QED) is 0.327. The molecule has 0 aliphatic carbocycles. The van der Waals surface area contributed by atoms with Crippen molar-refractivity contribution in [2.75, 3.05) is 6.54 Å². The largest absolute Gasteiger partial charge is 0.710 e. The first-order valence-corrected chi connectivity index (χ1v) is 7.43. The standard InChI is InChI=1S/C17H17N3O3/c21-16(18-12-6-9-13-7-2-1-3-8-13)17-19(22)14-10-4-5-11-15(14)20(17)23/h1-5,7-8,10-11,22H,6,9,12H2,(H,18,21). The van der Waals surface area contributed by atoms with E-state index in [2.05, 4.69) is 5.32 Å². The summed E-state index contributed by atoms with van der Waals surface area (Å²) in [6.07, 6.45) is 1.58. The molecular formula is C17H17N3O3. The lowest BCUT2D eigenvalue weighted by Crippen LogP contribution is -2.40. The van der Waals surface area contributed by atoms with Crippen molar-refractivity contribution in [3.05, 3.63) is 71.2 Å². The molecule has 1 amide bonds. The fourth-order valence-electron chi connectivity index (χ4n) is 2.54. The highest BCUT2D eigenvalue weighted by Gasteiger charge is 2.27. The maximum Gasteiger partial charge on any atom is 0.390 e. The normalized spacial score (nSPS) is 10.8. The minimum absolute atomic E-state index is 0.254. The fraction of sp³-hybridized carbons (Fsp3) is 0.176. The minimum Gasteiger partial charge on any atom is -0.710 e. The second-order valence-electron chi connectivity index (χ2n) is 5.26. The predicted molar refractivity (Wildman–Crippen MR) is 85.2 cm³/mol. The molecule has 2 N–H and O–H groups in total. The molecule has 1 heterocycles. The first-order chi connectivity index (χ1) is 11.2. The van der Waals surface area contributed by atoms with Gasteiger partial charge in [0.05, 0.1) is 0 Å². The Labute approximate surface area is 133 Å². The Balaban J connectivity index is 1.65. The van der Waals surface area contributed by atoms with Crippen LogP contribution in [-0.2, 0) is 6.42 Å². The number of hydrogen-bond acceptors (Lipinski definition) is 3. The maximum absolute atomic E-state index is 12.2. The number of fused-ring (bicyclic) bond motifs is 1. The third-order valence-electron chi connectivity index (χ3n) is 3.70. The highest BCUT2D eigenvalue weighted by Crippen LogP contribution is 2.11. The number of nitrogens with zero attached hydrogens (tertiary/aromatic N) is 2. The van der Waals surface area contributed by atoms with Gasteiger partial charge in [0, 0.05) is 6.54 Å². The number of nitrogens with one attached hydrogen (secondary N) is 1. The number of rotatable bonds is 5. The lowest BCUT2D eigenvalue weighted by atomic mass is 10.1. The molecule has 1 aromatic heterocycles. The van der Waals surface area contributed by atoms with Gasteiger partial charge in [0.15, 0.2) is 5.52 Å². The van der Waals surface area contributed by atoms with Gasteiger partial charge in [-0.25, -0.2) is 4.73 Å². The number of aryl methyl sites for hydroxylation is 1. The van der Waals surface area contributed by atoms with E-state index in [1.807, 2.05) is 30.3 Å². The van der Waals surface area contributed by atoms with Crippen molar-refractivity contribution < 1.29 is 14.7 Å². The van der Waals surface area contributed by atoms with Crippen LogP contribution in [0.15, 0.2) is 54.6 Å². The number of imidazole rings is 1. The average Bonchev–Trinajstić information content (AvgIpc) is 2.84. The maximum atomic E-state index is 12.2. The van der Waals surface area contributed by atoms with Crippen molar-refractivity contribution in [3.63, 3.8) is 0 Å². The molecular weight excluding hydrogens is 294 g/mol. The van der Waals surface area contributed by atoms with Crippen LogP contribution in [0.4, 0.5) is 0 Å². The first-order valence-electron chi connectivity index (χ1n) is 7.43. The zero-order chi connectivity index (χ0) is 16.2. The molecule has 0 spiro atoms. The predicted octanol–water partition coefficient (Wildman–Crippen LogP) is 1.87. The van der Waals surface area contributed by atoms with E-state index in [9.17, 15) is 15.2 Å². The van der Waals surface area contributed by atoms with Gasteiger partial charge in [-0.15, -0.1) is 0 Å². The Bertz CT molecular complexity index is 789. The van der Waals surface area contributed by atoms with E-state index in [0.717, 1.165) is 12.8 Å². The van der Waals surface area contributed by atoms with E-state index in [-0.39, 0.29) is 11.3 Å². The molecule has 2 aromatic carbocycles. The van der Waals surface area contributed by atoms with Crippen LogP contribution in [-0.4, -0.2) is 22.4 Å². The van der Waals surface area contributed by atoms with Crippen molar-refractivity contribution in [2.24, 2.45) is 0 Å². The summed E-state index contributed by atoms with van der Waals surface area (Å²) in [4.78, 5) is 12.2. The highest BCUT2D eigenvalue weighted by atomic mass is 16.5. The third kappa shape index (κ3) is 2.96. The molecule has 0 aliphatic rings. The van der Waals surface area contributed by atoms with Crippen molar-refractivity contribution in [1.29, 1.82) is 0 Å². The summed E-state index contributed by atoms with van der Waals surface area (Å²) >= 11 is 0. The van der Waals surface area contributed by atoms with Crippen LogP contribution in [0.5, 0.6) is 0 Å². The van der Waals surface area contributed by atoms with Gasteiger partial charge in [-0.1, -0.05) is 42.5 Å². The lowest BCUT2D eigenvalue weighted by Gasteiger charge is -2.05. The van der Waals surface area contributed by atoms with Gasteiger partial charge >= 0.3 is 11.7 Å². The molecule has 0 unspecified atom stereocenters. The Morgan fingerprint density at radius 1 is 1.13 bits per heavy atom. The Kier molecular flexibility index (Phi) is 4.14. The van der Waals surface area contributed by atoms with E-state index >= 15 is 0 Å². The summed E-state index contributed by atoms with van der Waals surface area (Å²) in [5.74, 6) is -0.919. The van der Waals surface area contributed by atoms with Crippen molar-refractivity contribution in [2.45, 2.75) is 12.8 Å². The van der Waals surface area contributed by atoms with Gasteiger partial charge < -0.3 is 15.7 Å². The number of hydrogen-bond donors (Lipinski definition) is 2. The lowest BCUT2D eigenvalue weighted by molar-refractivity contribution is -0.582. The molecule has 6 heteroatoms. The van der Waals surface area contributed by atoms with Crippen molar-refractivity contribution >= 4 is 16.9 Å². The topological polar surface area (TPSA) is 81.2 Å². The summed E-state index contributed by atoms with van der Waals surface area (Å²) in [7, 11) is 0. The number of benzene rings is 2. The van der Waals surface area contributed by atoms with Crippen LogP contribution >= 0.6 is 0 Å². The molecule has 0 aliphatic heterocycles. The SMILES string of the molecule is O=C(NCCCc1ccccc1)c1n(O)c2ccccc2[n+]1[O-]. The van der Waals surface area contributed by atoms with Crippen LogP contribution in [0.1, 0.15) is 22.6 Å². The molecule has 0 saturated heterocycles. The van der Waals surface area contributed by atoms with Crippen LogP contribution < -0.4 is 10.0 Å². The second-order valence-corrected chi connectivity index (χ2v) is 5.26. The summed E-state index contributed by atoms with van der Waals surface area (Å²) < 4.78 is 1.08. The van der Waals surface area contributed by atoms with Gasteiger partial charge in [-0.3, -0.25) is 4.79 Å². The molecule has 3 rings (SSSR count). The number of carbonyl (C=O) groups excluding carboxylic acids is 1. The number of para-hydroxylation sites is 2. The summed E-state index contributed by atoms with van der Waals surface area (Å²) in [6, 6.07) is 16.5. The molecule has 0 fully saturated rings. The smallest absolute Gasteiger partial charge is 0.390 e. The van der Waals surface area contributed by atoms with E-state index in [1.165, 1.54) is 5.56 Å². The molecule has 0 bridgehead atoms. The molecule has 3 aromatic rings. The third-order valence-corrected chi connectivity index (χ3v) is 3.70. The summed E-state index contributed by atoms with van der Waals surface area (Å²) in [5.41, 5.74) is 1.75. The van der Waals surface area contributed by atoms with E-state index in [4.69, 9.17) is 0 Å². The number of amides is 1. The van der Waals surface area contributed by atoms with Gasteiger partial charge in [-0.05, 0) is 35.3 Å². The van der Waals surface area contributed by atoms with Gasteiger partial charge in [0.25, 0.3) is 0 Å². The fourth-order valence-corrected chi connectivity index (χ4v) is 2.54. The minimum atomic E-state index is -0.591. The zero-order valence-electron chi connectivity index (χ0n) is 12.5. The second kappa shape index (κ2) is 6.39. The average molecular weight is 311 g/mol. The molecule has 0 radical (unpaired) electrons. The van der Waals surface area contributed by atoms with Crippen LogP contribution in [0.3, 0.4) is 0 Å². The summed E-state index contributed by atoms with van der Waals surface area (Å²) in [6.45, 7) is 0.426. The molecule has 0 saturated carbocycles. The van der Waals surface area contributed by atoms with Gasteiger partial charge in [0.2, 0.25) is 5.52 Å². The molecule has 0 atom stereocenters. The molecule has 23 heavy (non-hydrogen) atoms. The number of carbonyl (C=O) groups is 1. The van der Waals surface area contributed by atoms with Crippen molar-refractivity contribution in [1.82, 2.24) is 10.0 Å². The first kappa shape index (κ1) is 14.9. The van der Waals surface area contributed by atoms with Crippen LogP contribution in [0.2, 0.25) is 0 Å². The Morgan fingerprint density at radius 2 is 1.83 bits per heavy atom. The Hall–Kier alpha value is -3.02. The monoisotopic (exact) mass is 311 g/mol. The highest BCUT2D eigenvalue weighted by molar-refractivity contribution is 5.92. The Morgan fingerprint density at radius 3 is 2.57 bits per heavy atom.